The molecule has 2 heterocycles. The molecule has 0 saturated carbocycles. The Morgan fingerprint density at radius 2 is 2.16 bits per heavy atom. The van der Waals surface area contributed by atoms with Crippen molar-refractivity contribution >= 4 is 23.2 Å². The zero-order chi connectivity index (χ0) is 26.5. The van der Waals surface area contributed by atoms with Crippen molar-refractivity contribution in [1.82, 2.24) is 14.8 Å². The third-order valence-electron chi connectivity index (χ3n) is 7.06. The highest BCUT2D eigenvalue weighted by molar-refractivity contribution is 5.97. The second-order valence-electron chi connectivity index (χ2n) is 10.00. The molecule has 1 aliphatic carbocycles. The normalized spacial score (nSPS) is 20.6. The van der Waals surface area contributed by atoms with Crippen LogP contribution in [0.2, 0.25) is 0 Å². The first-order chi connectivity index (χ1) is 17.8. The number of allylic oxidation sites excluding steroid dienone is 2. The van der Waals surface area contributed by atoms with Gasteiger partial charge >= 0.3 is 6.03 Å². The minimum Gasteiger partial charge on any atom is -0.472 e. The number of hydrogen-bond acceptors (Lipinski definition) is 5. The fourth-order valence-electron chi connectivity index (χ4n) is 4.73. The van der Waals surface area contributed by atoms with Crippen LogP contribution in [0.3, 0.4) is 0 Å². The molecule has 198 valence electrons. The lowest BCUT2D eigenvalue weighted by molar-refractivity contribution is 0.0356. The van der Waals surface area contributed by atoms with Crippen LogP contribution in [0.1, 0.15) is 55.5 Å². The van der Waals surface area contributed by atoms with Crippen LogP contribution in [0.4, 0.5) is 14.9 Å². The van der Waals surface area contributed by atoms with E-state index in [0.717, 1.165) is 31.2 Å². The quantitative estimate of drug-likeness (QED) is 0.594. The van der Waals surface area contributed by atoms with E-state index < -0.39 is 24.0 Å². The van der Waals surface area contributed by atoms with Crippen LogP contribution in [0.5, 0.6) is 5.88 Å². The highest BCUT2D eigenvalue weighted by Gasteiger charge is 2.35. The van der Waals surface area contributed by atoms with Crippen molar-refractivity contribution in [2.75, 3.05) is 32.1 Å². The first-order valence-electron chi connectivity index (χ1n) is 12.8. The van der Waals surface area contributed by atoms with Crippen LogP contribution >= 0.6 is 0 Å². The molecular weight excluding hydrogens is 475 g/mol. The summed E-state index contributed by atoms with van der Waals surface area (Å²) in [5, 5.41) is 12.6. The summed E-state index contributed by atoms with van der Waals surface area (Å²) >= 11 is 0. The van der Waals surface area contributed by atoms with Gasteiger partial charge in [-0.15, -0.1) is 0 Å². The molecule has 0 unspecified atom stereocenters. The number of likely N-dealkylation sites (N-methyl/N-ethyl adjacent to an activating group) is 1. The molecule has 0 spiro atoms. The van der Waals surface area contributed by atoms with Crippen molar-refractivity contribution in [3.63, 3.8) is 0 Å². The molecule has 0 saturated heterocycles. The number of nitrogens with zero attached hydrogens (tertiary/aromatic N) is 3. The largest absolute Gasteiger partial charge is 0.472 e. The lowest BCUT2D eigenvalue weighted by atomic mass is 9.93. The number of fused-ring (bicyclic) bond motifs is 1. The van der Waals surface area contributed by atoms with Crippen molar-refractivity contribution in [1.29, 1.82) is 0 Å². The number of rotatable bonds is 6. The molecule has 3 amide bonds. The molecule has 0 radical (unpaired) electrons. The topological polar surface area (TPSA) is 95.0 Å². The lowest BCUT2D eigenvalue weighted by Gasteiger charge is -2.37. The summed E-state index contributed by atoms with van der Waals surface area (Å²) < 4.78 is 19.8. The average molecular weight is 511 g/mol. The van der Waals surface area contributed by atoms with E-state index >= 15 is 0 Å². The summed E-state index contributed by atoms with van der Waals surface area (Å²) in [6.07, 6.45) is 7.68. The van der Waals surface area contributed by atoms with Crippen LogP contribution in [0.15, 0.2) is 42.6 Å². The predicted octanol–water partition coefficient (Wildman–Crippen LogP) is 4.56. The maximum Gasteiger partial charge on any atom is 0.321 e. The number of ether oxygens (including phenoxy) is 1. The van der Waals surface area contributed by atoms with E-state index in [0.29, 0.717) is 17.8 Å². The number of carbonyl (C=O) groups is 2. The Morgan fingerprint density at radius 1 is 1.35 bits per heavy atom. The highest BCUT2D eigenvalue weighted by Crippen LogP contribution is 2.32. The number of nitrogens with one attached hydrogen (secondary N) is 1. The van der Waals surface area contributed by atoms with E-state index in [4.69, 9.17) is 4.74 Å². The summed E-state index contributed by atoms with van der Waals surface area (Å²) in [5.74, 6) is -0.620. The minimum atomic E-state index is -0.476. The molecular formula is C28H35FN4O4. The van der Waals surface area contributed by atoms with Gasteiger partial charge < -0.3 is 25.0 Å². The van der Waals surface area contributed by atoms with E-state index in [-0.39, 0.29) is 30.9 Å². The Labute approximate surface area is 217 Å². The molecule has 8 nitrogen and oxygen atoms in total. The Hall–Kier alpha value is -3.46. The first kappa shape index (κ1) is 26.6. The molecule has 1 aromatic heterocycles. The molecule has 1 aromatic carbocycles. The molecule has 1 aliphatic heterocycles. The van der Waals surface area contributed by atoms with Gasteiger partial charge in [-0.25, -0.2) is 14.2 Å². The van der Waals surface area contributed by atoms with Crippen molar-refractivity contribution in [3.8, 4) is 5.88 Å². The first-order valence-corrected chi connectivity index (χ1v) is 12.8. The third-order valence-corrected chi connectivity index (χ3v) is 7.06. The fourth-order valence-corrected chi connectivity index (χ4v) is 4.73. The monoisotopic (exact) mass is 510 g/mol. The van der Waals surface area contributed by atoms with Gasteiger partial charge in [-0.05, 0) is 68.0 Å². The number of aliphatic hydroxyl groups is 1. The van der Waals surface area contributed by atoms with E-state index in [2.05, 4.69) is 16.4 Å². The minimum absolute atomic E-state index is 0.168. The Bertz CT molecular complexity index is 1170. The van der Waals surface area contributed by atoms with Crippen molar-refractivity contribution in [2.45, 2.75) is 51.7 Å². The van der Waals surface area contributed by atoms with E-state index in [1.807, 2.05) is 13.0 Å². The number of amides is 3. The summed E-state index contributed by atoms with van der Waals surface area (Å²) in [6.45, 7) is 4.14. The number of pyridine rings is 1. The van der Waals surface area contributed by atoms with Crippen LogP contribution < -0.4 is 10.1 Å². The number of halogens is 1. The number of anilines is 1. The zero-order valence-electron chi connectivity index (χ0n) is 21.6. The summed E-state index contributed by atoms with van der Waals surface area (Å²) in [6, 6.07) is 6.74. The van der Waals surface area contributed by atoms with Crippen molar-refractivity contribution < 1.29 is 23.8 Å². The van der Waals surface area contributed by atoms with E-state index in [1.165, 1.54) is 28.7 Å². The maximum atomic E-state index is 13.6. The second kappa shape index (κ2) is 11.7. The van der Waals surface area contributed by atoms with Crippen molar-refractivity contribution in [3.05, 3.63) is 59.5 Å². The van der Waals surface area contributed by atoms with Crippen LogP contribution in [-0.4, -0.2) is 70.7 Å². The van der Waals surface area contributed by atoms with Gasteiger partial charge in [0.1, 0.15) is 17.5 Å². The molecule has 4 rings (SSSR count). The third kappa shape index (κ3) is 6.28. The number of aliphatic hydroxyl groups excluding tert-OH is 1. The predicted molar refractivity (Wildman–Crippen MR) is 140 cm³/mol. The lowest BCUT2D eigenvalue weighted by Crippen LogP contribution is -2.50. The summed E-state index contributed by atoms with van der Waals surface area (Å²) in [5.41, 5.74) is 2.79. The standard InChI is InChI=1S/C28H35FN4O4/c1-18-15-33(19(2)17-34)27(35)24-12-21(20-8-5-4-6-9-20)14-30-26(24)37-25(18)16-32(3)28(36)31-23-11-7-10-22(29)13-23/h7-8,10-14,18-19,25,34H,4-6,9,15-17H2,1-3H3,(H,31,36)/t18-,19+,25-/m1/s1. The van der Waals surface area contributed by atoms with Gasteiger partial charge in [0.05, 0.1) is 19.2 Å². The zero-order valence-corrected chi connectivity index (χ0v) is 21.6. The van der Waals surface area contributed by atoms with Gasteiger partial charge in [-0.1, -0.05) is 19.1 Å². The number of hydrogen-bond donors (Lipinski definition) is 2. The SMILES string of the molecule is C[C@@H]1CN([C@@H](C)CO)C(=O)c2cc(C3=CCCCC3)cnc2O[C@@H]1CN(C)C(=O)Nc1cccc(F)c1. The number of aromatic nitrogens is 1. The average Bonchev–Trinajstić information content (AvgIpc) is 2.90. The second-order valence-corrected chi connectivity index (χ2v) is 10.00. The van der Waals surface area contributed by atoms with Crippen molar-refractivity contribution in [2.24, 2.45) is 5.92 Å². The van der Waals surface area contributed by atoms with Crippen LogP contribution in [0.25, 0.3) is 5.57 Å². The van der Waals surface area contributed by atoms with E-state index in [1.54, 1.807) is 31.1 Å². The van der Waals surface area contributed by atoms with Gasteiger partial charge in [0.25, 0.3) is 5.91 Å². The molecule has 0 fully saturated rings. The fraction of sp³-hybridized carbons (Fsp3) is 0.464. The van der Waals surface area contributed by atoms with Crippen LogP contribution in [-0.2, 0) is 0 Å². The molecule has 9 heteroatoms. The Kier molecular flexibility index (Phi) is 8.43. The maximum absolute atomic E-state index is 13.6. The smallest absolute Gasteiger partial charge is 0.321 e. The highest BCUT2D eigenvalue weighted by atomic mass is 19.1. The molecule has 2 aromatic rings. The molecule has 3 atom stereocenters. The molecule has 2 N–H and O–H groups in total. The van der Waals surface area contributed by atoms with Gasteiger partial charge in [0.2, 0.25) is 5.88 Å². The van der Waals surface area contributed by atoms with Gasteiger partial charge in [0, 0.05) is 31.4 Å². The van der Waals surface area contributed by atoms with Crippen LogP contribution in [0, 0.1) is 11.7 Å². The molecule has 0 bridgehead atoms. The molecule has 37 heavy (non-hydrogen) atoms. The molecule has 2 aliphatic rings. The summed E-state index contributed by atoms with van der Waals surface area (Å²) in [7, 11) is 1.63. The number of benzene rings is 1. The Balaban J connectivity index is 1.60. The van der Waals surface area contributed by atoms with E-state index in [9.17, 15) is 19.1 Å². The summed E-state index contributed by atoms with van der Waals surface area (Å²) in [4.78, 5) is 34.1. The van der Waals surface area contributed by atoms with Gasteiger partial charge in [-0.2, -0.15) is 0 Å². The Morgan fingerprint density at radius 3 is 2.86 bits per heavy atom. The number of carbonyl (C=O) groups excluding carboxylic acids is 2. The van der Waals surface area contributed by atoms with Gasteiger partial charge in [-0.3, -0.25) is 4.79 Å². The number of urea groups is 1. The van der Waals surface area contributed by atoms with Gasteiger partial charge in [0.15, 0.2) is 0 Å².